The minimum atomic E-state index is 0.617. The zero-order valence-electron chi connectivity index (χ0n) is 33.2. The fourth-order valence-electron chi connectivity index (χ4n) is 8.50. The molecule has 0 bridgehead atoms. The van der Waals surface area contributed by atoms with Gasteiger partial charge in [0, 0.05) is 33.0 Å². The third kappa shape index (κ3) is 6.76. The molecule has 0 atom stereocenters. The van der Waals surface area contributed by atoms with E-state index < -0.39 is 0 Å². The highest BCUT2D eigenvalue weighted by molar-refractivity contribution is 6.11. The van der Waals surface area contributed by atoms with Crippen LogP contribution in [0, 0.1) is 0 Å². The monoisotopic (exact) mass is 778 g/mol. The van der Waals surface area contributed by atoms with Gasteiger partial charge in [-0.25, -0.2) is 15.0 Å². The van der Waals surface area contributed by atoms with Crippen LogP contribution in [0.1, 0.15) is 0 Å². The van der Waals surface area contributed by atoms with E-state index in [0.717, 1.165) is 50.2 Å². The first-order chi connectivity index (χ1) is 30.2. The number of para-hydroxylation sites is 2. The van der Waals surface area contributed by atoms with E-state index >= 15 is 0 Å². The zero-order valence-corrected chi connectivity index (χ0v) is 33.2. The maximum Gasteiger partial charge on any atom is 0.164 e. The molecule has 0 aliphatic carbocycles. The van der Waals surface area contributed by atoms with Crippen LogP contribution in [-0.4, -0.2) is 19.5 Å². The molecule has 286 valence electrons. The number of hydrogen-bond donors (Lipinski definition) is 0. The molecule has 11 rings (SSSR count). The molecule has 4 heteroatoms. The maximum atomic E-state index is 5.18. The van der Waals surface area contributed by atoms with Gasteiger partial charge >= 0.3 is 0 Å². The van der Waals surface area contributed by atoms with E-state index in [2.05, 4.69) is 217 Å². The first-order valence-corrected chi connectivity index (χ1v) is 20.6. The lowest BCUT2D eigenvalue weighted by atomic mass is 9.99. The first-order valence-electron chi connectivity index (χ1n) is 20.6. The van der Waals surface area contributed by atoms with Gasteiger partial charge in [0.15, 0.2) is 17.5 Å². The van der Waals surface area contributed by atoms with Crippen molar-refractivity contribution in [2.24, 2.45) is 0 Å². The van der Waals surface area contributed by atoms with Crippen LogP contribution >= 0.6 is 0 Å². The third-order valence-electron chi connectivity index (χ3n) is 11.5. The molecule has 0 amide bonds. The standard InChI is InChI=1S/C57H38N4/c1-4-16-39(17-5-1)41-28-32-44(33-29-41)55-58-56(60-57(59-55)50-25-11-10-22-47(50)42-20-8-3-9-21-42)45-34-30-43(31-35-45)48-23-12-14-26-52(48)61-53-27-15-13-24-49(53)51-38-46(36-37-54(51)61)40-18-6-2-7-19-40/h1-38H. The number of rotatable bonds is 8. The fourth-order valence-corrected chi connectivity index (χ4v) is 8.50. The van der Waals surface area contributed by atoms with Crippen molar-refractivity contribution in [3.8, 4) is 84.4 Å². The quantitative estimate of drug-likeness (QED) is 0.154. The van der Waals surface area contributed by atoms with Crippen LogP contribution in [0.3, 0.4) is 0 Å². The second-order valence-electron chi connectivity index (χ2n) is 15.2. The lowest BCUT2D eigenvalue weighted by molar-refractivity contribution is 1.07. The van der Waals surface area contributed by atoms with Gasteiger partial charge in [0.05, 0.1) is 16.7 Å². The van der Waals surface area contributed by atoms with Crippen LogP contribution in [0.25, 0.3) is 106 Å². The van der Waals surface area contributed by atoms with Crippen LogP contribution in [-0.2, 0) is 0 Å². The lowest BCUT2D eigenvalue weighted by Gasteiger charge is -2.15. The van der Waals surface area contributed by atoms with Gasteiger partial charge < -0.3 is 4.57 Å². The Morgan fingerprint density at radius 3 is 1.31 bits per heavy atom. The zero-order chi connectivity index (χ0) is 40.5. The minimum absolute atomic E-state index is 0.617. The van der Waals surface area contributed by atoms with Gasteiger partial charge in [0.2, 0.25) is 0 Å². The molecule has 0 N–H and O–H groups in total. The van der Waals surface area contributed by atoms with Crippen LogP contribution in [0.4, 0.5) is 0 Å². The molecule has 9 aromatic carbocycles. The molecule has 0 aliphatic rings. The van der Waals surface area contributed by atoms with Crippen LogP contribution in [0.15, 0.2) is 231 Å². The summed E-state index contributed by atoms with van der Waals surface area (Å²) in [5, 5.41) is 2.46. The Balaban J connectivity index is 1.01. The van der Waals surface area contributed by atoms with E-state index in [0.29, 0.717) is 17.5 Å². The summed E-state index contributed by atoms with van der Waals surface area (Å²) in [6, 6.07) is 81.1. The van der Waals surface area contributed by atoms with E-state index in [1.165, 1.54) is 38.5 Å². The van der Waals surface area contributed by atoms with Crippen LogP contribution in [0.5, 0.6) is 0 Å². The van der Waals surface area contributed by atoms with Gasteiger partial charge in [-0.15, -0.1) is 0 Å². The van der Waals surface area contributed by atoms with E-state index in [9.17, 15) is 0 Å². The third-order valence-corrected chi connectivity index (χ3v) is 11.5. The van der Waals surface area contributed by atoms with Gasteiger partial charge in [-0.3, -0.25) is 0 Å². The van der Waals surface area contributed by atoms with Crippen molar-refractivity contribution in [3.05, 3.63) is 231 Å². The molecule has 2 heterocycles. The molecule has 2 aromatic heterocycles. The van der Waals surface area contributed by atoms with Crippen molar-refractivity contribution in [2.45, 2.75) is 0 Å². The summed E-state index contributed by atoms with van der Waals surface area (Å²) < 4.78 is 2.40. The molecular formula is C57H38N4. The summed E-state index contributed by atoms with van der Waals surface area (Å²) in [6.07, 6.45) is 0. The summed E-state index contributed by atoms with van der Waals surface area (Å²) in [6.45, 7) is 0. The van der Waals surface area contributed by atoms with E-state index in [1.54, 1.807) is 0 Å². The first kappa shape index (κ1) is 35.9. The van der Waals surface area contributed by atoms with Crippen molar-refractivity contribution in [1.29, 1.82) is 0 Å². The second-order valence-corrected chi connectivity index (χ2v) is 15.2. The average molecular weight is 779 g/mol. The summed E-state index contributed by atoms with van der Waals surface area (Å²) >= 11 is 0. The van der Waals surface area contributed by atoms with Crippen molar-refractivity contribution < 1.29 is 0 Å². The molecule has 0 saturated heterocycles. The Morgan fingerprint density at radius 1 is 0.246 bits per heavy atom. The highest BCUT2D eigenvalue weighted by Crippen LogP contribution is 2.39. The SMILES string of the molecule is c1ccc(-c2ccc(-c3nc(-c4ccc(-c5ccccc5-n5c6ccccc6c6cc(-c7ccccc7)ccc65)cc4)nc(-c4ccccc4-c4ccccc4)n3)cc2)cc1. The number of hydrogen-bond acceptors (Lipinski definition) is 3. The number of benzene rings is 9. The number of fused-ring (bicyclic) bond motifs is 3. The Hall–Kier alpha value is -8.21. The molecule has 0 unspecified atom stereocenters. The molecule has 0 fully saturated rings. The van der Waals surface area contributed by atoms with Gasteiger partial charge in [0.1, 0.15) is 0 Å². The summed E-state index contributed by atoms with van der Waals surface area (Å²) in [5.74, 6) is 1.87. The second kappa shape index (κ2) is 15.5. The van der Waals surface area contributed by atoms with Gasteiger partial charge in [-0.1, -0.05) is 206 Å². The van der Waals surface area contributed by atoms with Gasteiger partial charge in [-0.2, -0.15) is 0 Å². The largest absolute Gasteiger partial charge is 0.309 e. The smallest absolute Gasteiger partial charge is 0.164 e. The van der Waals surface area contributed by atoms with Crippen LogP contribution in [0.2, 0.25) is 0 Å². The van der Waals surface area contributed by atoms with Gasteiger partial charge in [-0.05, 0) is 63.2 Å². The molecule has 61 heavy (non-hydrogen) atoms. The molecule has 0 radical (unpaired) electrons. The summed E-state index contributed by atoms with van der Waals surface area (Å²) in [7, 11) is 0. The van der Waals surface area contributed by atoms with Crippen molar-refractivity contribution in [3.63, 3.8) is 0 Å². The normalized spacial score (nSPS) is 11.3. The highest BCUT2D eigenvalue weighted by Gasteiger charge is 2.18. The summed E-state index contributed by atoms with van der Waals surface area (Å²) in [4.78, 5) is 15.5. The van der Waals surface area contributed by atoms with Crippen molar-refractivity contribution in [1.82, 2.24) is 19.5 Å². The van der Waals surface area contributed by atoms with Crippen LogP contribution < -0.4 is 0 Å². The Kier molecular flexibility index (Phi) is 9.14. The molecule has 0 spiro atoms. The molecular weight excluding hydrogens is 741 g/mol. The van der Waals surface area contributed by atoms with Crippen molar-refractivity contribution >= 4 is 21.8 Å². The Bertz CT molecular complexity index is 3320. The van der Waals surface area contributed by atoms with E-state index in [1.807, 2.05) is 18.2 Å². The average Bonchev–Trinajstić information content (AvgIpc) is 3.68. The predicted octanol–water partition coefficient (Wildman–Crippen LogP) is 14.6. The molecule has 0 saturated carbocycles. The molecule has 11 aromatic rings. The maximum absolute atomic E-state index is 5.18. The minimum Gasteiger partial charge on any atom is -0.309 e. The Labute approximate surface area is 354 Å². The number of nitrogens with zero attached hydrogens (tertiary/aromatic N) is 4. The lowest BCUT2D eigenvalue weighted by Crippen LogP contribution is -2.01. The molecule has 0 aliphatic heterocycles. The fraction of sp³-hybridized carbons (Fsp3) is 0. The highest BCUT2D eigenvalue weighted by atomic mass is 15.0. The topological polar surface area (TPSA) is 43.6 Å². The van der Waals surface area contributed by atoms with E-state index in [4.69, 9.17) is 15.0 Å². The predicted molar refractivity (Wildman–Crippen MR) is 252 cm³/mol. The summed E-state index contributed by atoms with van der Waals surface area (Å²) in [5.41, 5.74) is 15.4. The van der Waals surface area contributed by atoms with E-state index in [-0.39, 0.29) is 0 Å². The van der Waals surface area contributed by atoms with Gasteiger partial charge in [0.25, 0.3) is 0 Å². The Morgan fingerprint density at radius 2 is 0.656 bits per heavy atom. The van der Waals surface area contributed by atoms with Crippen molar-refractivity contribution in [2.75, 3.05) is 0 Å². The molecule has 4 nitrogen and oxygen atoms in total. The number of aromatic nitrogens is 4.